The molecule has 2 aromatic rings. The molecule has 1 aromatic carbocycles. The molecule has 2 saturated heterocycles. The number of esters is 1. The summed E-state index contributed by atoms with van der Waals surface area (Å²) in [5, 5.41) is 0.464. The number of pyridine rings is 1. The van der Waals surface area contributed by atoms with Gasteiger partial charge in [-0.1, -0.05) is 11.6 Å². The van der Waals surface area contributed by atoms with Crippen molar-refractivity contribution >= 4 is 23.5 Å². The Morgan fingerprint density at radius 3 is 2.12 bits per heavy atom. The minimum Gasteiger partial charge on any atom is -0.492 e. The Morgan fingerprint density at radius 1 is 1.00 bits per heavy atom. The van der Waals surface area contributed by atoms with Crippen molar-refractivity contribution in [3.05, 3.63) is 52.8 Å². The molecule has 1 aromatic heterocycles. The van der Waals surface area contributed by atoms with Gasteiger partial charge in [-0.3, -0.25) is 14.7 Å². The summed E-state index contributed by atoms with van der Waals surface area (Å²) in [6.45, 7) is 6.55. The van der Waals surface area contributed by atoms with Gasteiger partial charge in [-0.05, 0) is 70.5 Å². The smallest absolute Gasteiger partial charge is 0.490 e. The number of hydrogen-bond acceptors (Lipinski definition) is 7. The second kappa shape index (κ2) is 12.6. The van der Waals surface area contributed by atoms with E-state index in [2.05, 4.69) is 9.88 Å². The molecule has 0 N–H and O–H groups in total. The van der Waals surface area contributed by atoms with Crippen LogP contribution in [0.1, 0.15) is 49.0 Å². The molecular weight excluding hydrogens is 551 g/mol. The number of piperidine rings is 2. The van der Waals surface area contributed by atoms with Crippen LogP contribution < -0.4 is 9.47 Å². The van der Waals surface area contributed by atoms with Crippen LogP contribution >= 0.6 is 11.6 Å². The number of halogens is 4. The van der Waals surface area contributed by atoms with E-state index in [1.54, 1.807) is 36.7 Å². The van der Waals surface area contributed by atoms with Crippen LogP contribution in [0.4, 0.5) is 13.2 Å². The van der Waals surface area contributed by atoms with Gasteiger partial charge < -0.3 is 19.1 Å². The number of rotatable bonds is 8. The number of carbonyl (C=O) groups excluding carboxylic acids is 2. The lowest BCUT2D eigenvalue weighted by Crippen LogP contribution is -2.58. The van der Waals surface area contributed by atoms with E-state index in [4.69, 9.17) is 25.8 Å². The van der Waals surface area contributed by atoms with Crippen molar-refractivity contribution in [2.24, 2.45) is 5.41 Å². The molecule has 4 rings (SSSR count). The first-order chi connectivity index (χ1) is 19.1. The Bertz CT molecular complexity index is 1160. The standard InChI is InChI=1S/C28H33ClF3N3O5/c1-3-38-22-15-33-16-23(39-4-2)21(22)17-34-12-9-27(10-13-34)11-14-35(18-24(27)40-26(37)28(30,31)32)25(36)19-5-7-20(29)8-6-19/h5-8,15-16,24H,3-4,9-14,17-18H2,1-2H3. The molecule has 3 heterocycles. The molecular formula is C28H33ClF3N3O5. The second-order valence-corrected chi connectivity index (χ2v) is 10.5. The van der Waals surface area contributed by atoms with Crippen LogP contribution in [0.2, 0.25) is 5.02 Å². The number of benzene rings is 1. The molecule has 8 nitrogen and oxygen atoms in total. The number of hydrogen-bond donors (Lipinski definition) is 0. The Kier molecular flexibility index (Phi) is 9.45. The Labute approximate surface area is 236 Å². The summed E-state index contributed by atoms with van der Waals surface area (Å²) in [6, 6.07) is 6.29. The van der Waals surface area contributed by atoms with Gasteiger partial charge in [-0.15, -0.1) is 0 Å². The average molecular weight is 584 g/mol. The zero-order valence-corrected chi connectivity index (χ0v) is 23.3. The van der Waals surface area contributed by atoms with Gasteiger partial charge in [-0.25, -0.2) is 4.79 Å². The van der Waals surface area contributed by atoms with E-state index >= 15 is 0 Å². The molecule has 2 fully saturated rings. The minimum absolute atomic E-state index is 0.114. The van der Waals surface area contributed by atoms with Crippen LogP contribution in [0.5, 0.6) is 11.5 Å². The summed E-state index contributed by atoms with van der Waals surface area (Å²) >= 11 is 5.92. The van der Waals surface area contributed by atoms with Crippen molar-refractivity contribution in [1.29, 1.82) is 0 Å². The molecule has 1 atom stereocenters. The van der Waals surface area contributed by atoms with Crippen molar-refractivity contribution in [2.45, 2.75) is 51.9 Å². The molecule has 0 bridgehead atoms. The maximum atomic E-state index is 13.2. The van der Waals surface area contributed by atoms with Crippen molar-refractivity contribution in [3.63, 3.8) is 0 Å². The molecule has 1 spiro atoms. The van der Waals surface area contributed by atoms with Crippen molar-refractivity contribution in [2.75, 3.05) is 39.4 Å². The number of nitrogens with zero attached hydrogens (tertiary/aromatic N) is 3. The van der Waals surface area contributed by atoms with Crippen molar-refractivity contribution in [3.8, 4) is 11.5 Å². The zero-order valence-electron chi connectivity index (χ0n) is 22.5. The first-order valence-corrected chi connectivity index (χ1v) is 13.7. The van der Waals surface area contributed by atoms with Gasteiger partial charge in [0.15, 0.2) is 0 Å². The Hall–Kier alpha value is -3.05. The molecule has 2 aliphatic rings. The van der Waals surface area contributed by atoms with Crippen molar-refractivity contribution < 1.29 is 37.0 Å². The molecule has 218 valence electrons. The fraction of sp³-hybridized carbons (Fsp3) is 0.536. The number of amides is 1. The third kappa shape index (κ3) is 6.80. The number of alkyl halides is 3. The van der Waals surface area contributed by atoms with Crippen LogP contribution in [0.25, 0.3) is 0 Å². The summed E-state index contributed by atoms with van der Waals surface area (Å²) in [6.07, 6.45) is -1.50. The Balaban J connectivity index is 1.50. The normalized spacial score (nSPS) is 19.4. The highest BCUT2D eigenvalue weighted by Gasteiger charge is 2.51. The van der Waals surface area contributed by atoms with Crippen LogP contribution in [-0.4, -0.2) is 78.3 Å². The fourth-order valence-electron chi connectivity index (χ4n) is 5.44. The van der Waals surface area contributed by atoms with Gasteiger partial charge in [0.1, 0.15) is 17.6 Å². The van der Waals surface area contributed by atoms with Gasteiger partial charge in [0, 0.05) is 29.1 Å². The topological polar surface area (TPSA) is 81.2 Å². The highest BCUT2D eigenvalue weighted by molar-refractivity contribution is 6.30. The van der Waals surface area contributed by atoms with Crippen LogP contribution in [-0.2, 0) is 16.1 Å². The van der Waals surface area contributed by atoms with Crippen LogP contribution in [0.3, 0.4) is 0 Å². The molecule has 1 unspecified atom stereocenters. The molecule has 1 amide bonds. The first kappa shape index (κ1) is 29.9. The summed E-state index contributed by atoms with van der Waals surface area (Å²) in [5.41, 5.74) is 0.541. The van der Waals surface area contributed by atoms with E-state index in [-0.39, 0.29) is 12.5 Å². The zero-order chi connectivity index (χ0) is 28.9. The Morgan fingerprint density at radius 2 is 1.57 bits per heavy atom. The maximum absolute atomic E-state index is 13.2. The highest BCUT2D eigenvalue weighted by atomic mass is 35.5. The van der Waals surface area contributed by atoms with E-state index < -0.39 is 23.7 Å². The predicted molar refractivity (Wildman–Crippen MR) is 141 cm³/mol. The quantitative estimate of drug-likeness (QED) is 0.398. The summed E-state index contributed by atoms with van der Waals surface area (Å²) in [5.74, 6) is -1.33. The summed E-state index contributed by atoms with van der Waals surface area (Å²) < 4.78 is 56.3. The average Bonchev–Trinajstić information content (AvgIpc) is 2.92. The van der Waals surface area contributed by atoms with E-state index in [0.717, 1.165) is 5.56 Å². The lowest BCUT2D eigenvalue weighted by molar-refractivity contribution is -0.216. The van der Waals surface area contributed by atoms with E-state index in [1.165, 1.54) is 4.90 Å². The second-order valence-electron chi connectivity index (χ2n) is 10.0. The van der Waals surface area contributed by atoms with Gasteiger partial charge >= 0.3 is 12.1 Å². The van der Waals surface area contributed by atoms with E-state index in [1.807, 2.05) is 13.8 Å². The molecule has 40 heavy (non-hydrogen) atoms. The molecule has 0 radical (unpaired) electrons. The first-order valence-electron chi connectivity index (χ1n) is 13.3. The third-order valence-corrected chi connectivity index (χ3v) is 7.87. The fourth-order valence-corrected chi connectivity index (χ4v) is 5.57. The van der Waals surface area contributed by atoms with Crippen LogP contribution in [0.15, 0.2) is 36.7 Å². The molecule has 12 heteroatoms. The SMILES string of the molecule is CCOc1cncc(OCC)c1CN1CCC2(CC1)CCN(C(=O)c1ccc(Cl)cc1)CC2OC(=O)C(F)(F)F. The van der Waals surface area contributed by atoms with Crippen LogP contribution in [0, 0.1) is 5.41 Å². The van der Waals surface area contributed by atoms with Crippen molar-refractivity contribution in [1.82, 2.24) is 14.8 Å². The van der Waals surface area contributed by atoms with E-state index in [9.17, 15) is 22.8 Å². The number of carbonyl (C=O) groups is 2. The summed E-state index contributed by atoms with van der Waals surface area (Å²) in [4.78, 5) is 32.9. The van der Waals surface area contributed by atoms with Gasteiger partial charge in [0.2, 0.25) is 0 Å². The minimum atomic E-state index is -5.13. The number of aromatic nitrogens is 1. The lowest BCUT2D eigenvalue weighted by Gasteiger charge is -2.51. The van der Waals surface area contributed by atoms with Gasteiger partial charge in [0.25, 0.3) is 5.91 Å². The number of likely N-dealkylation sites (tertiary alicyclic amines) is 2. The third-order valence-electron chi connectivity index (χ3n) is 7.62. The highest BCUT2D eigenvalue weighted by Crippen LogP contribution is 2.44. The lowest BCUT2D eigenvalue weighted by atomic mass is 9.69. The summed E-state index contributed by atoms with van der Waals surface area (Å²) in [7, 11) is 0. The largest absolute Gasteiger partial charge is 0.492 e. The van der Waals surface area contributed by atoms with Gasteiger partial charge in [0.05, 0.1) is 37.7 Å². The number of ether oxygens (including phenoxy) is 3. The molecule has 0 aliphatic carbocycles. The van der Waals surface area contributed by atoms with Gasteiger partial charge in [-0.2, -0.15) is 13.2 Å². The maximum Gasteiger partial charge on any atom is 0.490 e. The van der Waals surface area contributed by atoms with E-state index in [0.29, 0.717) is 80.7 Å². The predicted octanol–water partition coefficient (Wildman–Crippen LogP) is 5.13. The monoisotopic (exact) mass is 583 g/mol. The molecule has 0 saturated carbocycles. The molecule has 2 aliphatic heterocycles.